The molecule has 22 nitrogen and oxygen atoms in total. The highest BCUT2D eigenvalue weighted by molar-refractivity contribution is 8.00. The molecule has 1 fully saturated rings. The van der Waals surface area contributed by atoms with Crippen molar-refractivity contribution in [2.24, 2.45) is 0 Å². The number of carbonyl (C=O) groups is 10. The standard InChI is InChI=1S/C36H54N4O18S/c1-11-12-25(32(48)40-33-30(56-21(5)44)29(55-20(4)43)28(54-19(3)42)24(57-33)16-53-18(2)41)59-17-23(31(47)37-15-27(46)51-9)38-26(45)14-13-22(34(49)52-10)39-35(50)58-36(6,7)8/h11,22-25,28-30,33H,1,12-17H2,2-10H3,(H,37,47)(H,38,45)(H,39,50)(H,40,48)/t22-,23-,24+,25?,28+,29-,30+,33+/m0/s1. The number of esters is 6. The number of carbonyl (C=O) groups excluding carboxylic acids is 10. The van der Waals surface area contributed by atoms with Crippen LogP contribution in [0, 0.1) is 0 Å². The molecule has 0 radical (unpaired) electrons. The Hall–Kier alpha value is -5.45. The Morgan fingerprint density at radius 1 is 0.780 bits per heavy atom. The van der Waals surface area contributed by atoms with Gasteiger partial charge in [0.1, 0.15) is 36.9 Å². The molecular weight excluding hydrogens is 808 g/mol. The third kappa shape index (κ3) is 19.7. The van der Waals surface area contributed by atoms with Crippen LogP contribution in [0.15, 0.2) is 12.7 Å². The molecule has 1 heterocycles. The Labute approximate surface area is 345 Å². The van der Waals surface area contributed by atoms with E-state index in [1.165, 1.54) is 6.08 Å². The predicted molar refractivity (Wildman–Crippen MR) is 203 cm³/mol. The molecule has 0 aromatic carbocycles. The number of thioether (sulfide) groups is 1. The fourth-order valence-corrected chi connectivity index (χ4v) is 6.26. The molecule has 0 spiro atoms. The second-order valence-corrected chi connectivity index (χ2v) is 14.9. The lowest BCUT2D eigenvalue weighted by atomic mass is 9.97. The highest BCUT2D eigenvalue weighted by Crippen LogP contribution is 2.29. The van der Waals surface area contributed by atoms with Gasteiger partial charge in [-0.05, 0) is 33.6 Å². The van der Waals surface area contributed by atoms with Crippen molar-refractivity contribution >= 4 is 71.4 Å². The molecule has 4 amide bonds. The van der Waals surface area contributed by atoms with Crippen molar-refractivity contribution < 1.29 is 85.8 Å². The van der Waals surface area contributed by atoms with Gasteiger partial charge in [-0.25, -0.2) is 9.59 Å². The Bertz CT molecular complexity index is 1550. The molecule has 23 heteroatoms. The number of ether oxygens (including phenoxy) is 8. The second kappa shape index (κ2) is 25.1. The van der Waals surface area contributed by atoms with Crippen LogP contribution < -0.4 is 21.3 Å². The van der Waals surface area contributed by atoms with Gasteiger partial charge in [-0.15, -0.1) is 18.3 Å². The molecule has 0 saturated carbocycles. The number of nitrogens with one attached hydrogen (secondary N) is 4. The van der Waals surface area contributed by atoms with Crippen molar-refractivity contribution in [1.82, 2.24) is 21.3 Å². The summed E-state index contributed by atoms with van der Waals surface area (Å²) in [4.78, 5) is 125. The van der Waals surface area contributed by atoms with E-state index in [0.29, 0.717) is 0 Å². The van der Waals surface area contributed by atoms with Gasteiger partial charge in [-0.2, -0.15) is 0 Å². The van der Waals surface area contributed by atoms with Gasteiger partial charge in [0.05, 0.1) is 19.5 Å². The number of hydrogen-bond acceptors (Lipinski definition) is 19. The maximum atomic E-state index is 13.9. The number of allylic oxidation sites excluding steroid dienone is 1. The zero-order chi connectivity index (χ0) is 45.0. The average molecular weight is 863 g/mol. The smallest absolute Gasteiger partial charge is 0.408 e. The van der Waals surface area contributed by atoms with Crippen LogP contribution in [-0.2, 0) is 81.0 Å². The van der Waals surface area contributed by atoms with Crippen LogP contribution in [0.3, 0.4) is 0 Å². The first kappa shape index (κ1) is 51.6. The molecule has 1 saturated heterocycles. The van der Waals surface area contributed by atoms with E-state index in [4.69, 9.17) is 33.2 Å². The van der Waals surface area contributed by atoms with Crippen molar-refractivity contribution in [1.29, 1.82) is 0 Å². The second-order valence-electron chi connectivity index (χ2n) is 13.6. The number of alkyl carbamates (subject to hydrolysis) is 1. The van der Waals surface area contributed by atoms with E-state index in [2.05, 4.69) is 32.6 Å². The van der Waals surface area contributed by atoms with E-state index in [-0.39, 0.29) is 18.6 Å². The lowest BCUT2D eigenvalue weighted by Gasteiger charge is -2.44. The summed E-state index contributed by atoms with van der Waals surface area (Å²) in [5.41, 5.74) is -0.896. The van der Waals surface area contributed by atoms with Crippen LogP contribution in [0.2, 0.25) is 0 Å². The first-order chi connectivity index (χ1) is 27.5. The van der Waals surface area contributed by atoms with E-state index >= 15 is 0 Å². The molecule has 8 atom stereocenters. The average Bonchev–Trinajstić information content (AvgIpc) is 3.12. The summed E-state index contributed by atoms with van der Waals surface area (Å²) >= 11 is 0.848. The maximum Gasteiger partial charge on any atom is 0.408 e. The molecule has 59 heavy (non-hydrogen) atoms. The van der Waals surface area contributed by atoms with Crippen molar-refractivity contribution in [2.45, 2.75) is 121 Å². The predicted octanol–water partition coefficient (Wildman–Crippen LogP) is -0.516. The van der Waals surface area contributed by atoms with E-state index in [1.54, 1.807) is 20.8 Å². The first-order valence-corrected chi connectivity index (χ1v) is 19.1. The zero-order valence-corrected chi connectivity index (χ0v) is 35.2. The minimum absolute atomic E-state index is 0.0522. The minimum atomic E-state index is -1.61. The third-order valence-electron chi connectivity index (χ3n) is 7.54. The fourth-order valence-electron chi connectivity index (χ4n) is 5.11. The molecule has 332 valence electrons. The van der Waals surface area contributed by atoms with Crippen LogP contribution in [0.1, 0.15) is 67.7 Å². The first-order valence-electron chi connectivity index (χ1n) is 18.1. The van der Waals surface area contributed by atoms with Crippen LogP contribution in [0.25, 0.3) is 0 Å². The van der Waals surface area contributed by atoms with E-state index in [9.17, 15) is 47.9 Å². The lowest BCUT2D eigenvalue weighted by molar-refractivity contribution is -0.256. The molecule has 1 aliphatic rings. The van der Waals surface area contributed by atoms with Gasteiger partial charge < -0.3 is 59.2 Å². The van der Waals surface area contributed by atoms with Crippen molar-refractivity contribution in [3.8, 4) is 0 Å². The van der Waals surface area contributed by atoms with Gasteiger partial charge in [0, 0.05) is 39.9 Å². The van der Waals surface area contributed by atoms with Crippen molar-refractivity contribution in [3.05, 3.63) is 12.7 Å². The van der Waals surface area contributed by atoms with E-state index < -0.39 is 133 Å². The molecule has 1 rings (SSSR count). The maximum absolute atomic E-state index is 13.9. The molecule has 4 N–H and O–H groups in total. The molecule has 0 aromatic rings. The quantitative estimate of drug-likeness (QED) is 0.0642. The number of methoxy groups -OCH3 is 2. The molecular formula is C36H54N4O18S. The van der Waals surface area contributed by atoms with Gasteiger partial charge >= 0.3 is 41.9 Å². The number of amides is 4. The van der Waals surface area contributed by atoms with Crippen LogP contribution in [0.5, 0.6) is 0 Å². The third-order valence-corrected chi connectivity index (χ3v) is 8.87. The summed E-state index contributed by atoms with van der Waals surface area (Å²) in [6, 6.07) is -2.71. The summed E-state index contributed by atoms with van der Waals surface area (Å²) in [7, 11) is 2.17. The molecule has 0 aliphatic carbocycles. The van der Waals surface area contributed by atoms with Gasteiger partial charge in [0.2, 0.25) is 17.7 Å². The van der Waals surface area contributed by atoms with Crippen LogP contribution in [-0.4, -0.2) is 146 Å². The SMILES string of the molecule is C=CCC(SC[C@H](NC(=O)CC[C@H](NC(=O)OC(C)(C)C)C(=O)OC)C(=O)NCC(=O)OC)C(=O)N[C@@H]1O[C@H](COC(C)=O)[C@@H](OC(C)=O)[C@H](OC(C)=O)[C@H]1OC(C)=O. The summed E-state index contributed by atoms with van der Waals surface area (Å²) in [6.45, 7) is 11.6. The summed E-state index contributed by atoms with van der Waals surface area (Å²) < 4.78 is 41.6. The molecule has 1 aliphatic heterocycles. The summed E-state index contributed by atoms with van der Waals surface area (Å²) in [5.74, 6) is -7.81. The lowest BCUT2D eigenvalue weighted by Crippen LogP contribution is -2.66. The largest absolute Gasteiger partial charge is 0.468 e. The summed E-state index contributed by atoms with van der Waals surface area (Å²) in [5, 5.41) is 8.60. The van der Waals surface area contributed by atoms with Gasteiger partial charge in [-0.1, -0.05) is 6.08 Å². The van der Waals surface area contributed by atoms with Crippen LogP contribution in [0.4, 0.5) is 4.79 Å². The minimum Gasteiger partial charge on any atom is -0.468 e. The summed E-state index contributed by atoms with van der Waals surface area (Å²) in [6.07, 6.45) is -7.93. The Balaban J connectivity index is 3.38. The fraction of sp³-hybridized carbons (Fsp3) is 0.667. The Kier molecular flexibility index (Phi) is 22.0. The molecule has 0 bridgehead atoms. The number of hydrogen-bond donors (Lipinski definition) is 4. The topological polar surface area (TPSA) is 293 Å². The van der Waals surface area contributed by atoms with E-state index in [0.717, 1.165) is 53.7 Å². The van der Waals surface area contributed by atoms with Crippen LogP contribution >= 0.6 is 11.8 Å². The normalized spacial score (nSPS) is 20.1. The highest BCUT2D eigenvalue weighted by Gasteiger charge is 2.53. The van der Waals surface area contributed by atoms with E-state index in [1.807, 2.05) is 0 Å². The van der Waals surface area contributed by atoms with Crippen molar-refractivity contribution in [2.75, 3.05) is 33.1 Å². The monoisotopic (exact) mass is 862 g/mol. The van der Waals surface area contributed by atoms with Gasteiger partial charge in [0.15, 0.2) is 24.5 Å². The highest BCUT2D eigenvalue weighted by atomic mass is 32.2. The number of rotatable bonds is 21. The Morgan fingerprint density at radius 2 is 1.37 bits per heavy atom. The van der Waals surface area contributed by atoms with Gasteiger partial charge in [-0.3, -0.25) is 38.4 Å². The molecule has 1 unspecified atom stereocenters. The molecule has 0 aromatic heterocycles. The Morgan fingerprint density at radius 3 is 1.90 bits per heavy atom. The van der Waals surface area contributed by atoms with Crippen molar-refractivity contribution in [3.63, 3.8) is 0 Å². The van der Waals surface area contributed by atoms with Gasteiger partial charge in [0.25, 0.3) is 0 Å². The zero-order valence-electron chi connectivity index (χ0n) is 34.4.